The van der Waals surface area contributed by atoms with Gasteiger partial charge in [-0.1, -0.05) is 23.2 Å². The molecule has 1 N–H and O–H groups in total. The molecular weight excluding hydrogens is 289 g/mol. The normalized spacial score (nSPS) is 38.4. The van der Waals surface area contributed by atoms with Gasteiger partial charge in [-0.15, -0.1) is 0 Å². The Bertz CT molecular complexity index is 486. The first-order valence-corrected chi connectivity index (χ1v) is 8.62. The summed E-state index contributed by atoms with van der Waals surface area (Å²) in [6.45, 7) is 0.854. The second-order valence-electron chi connectivity index (χ2n) is 7.07. The third-order valence-corrected chi connectivity index (χ3v) is 6.37. The summed E-state index contributed by atoms with van der Waals surface area (Å²) in [5.74, 6) is 3.88. The molecular formula is C17H21Cl2N. The molecule has 0 atom stereocenters. The monoisotopic (exact) mass is 309 g/mol. The van der Waals surface area contributed by atoms with E-state index in [-0.39, 0.29) is 0 Å². The second kappa shape index (κ2) is 5.19. The van der Waals surface area contributed by atoms with E-state index in [1.54, 1.807) is 0 Å². The van der Waals surface area contributed by atoms with Crippen LogP contribution in [0.5, 0.6) is 0 Å². The van der Waals surface area contributed by atoms with Crippen LogP contribution in [0.3, 0.4) is 0 Å². The Hall–Kier alpha value is -0.240. The van der Waals surface area contributed by atoms with Gasteiger partial charge < -0.3 is 5.32 Å². The number of halogens is 2. The van der Waals surface area contributed by atoms with Gasteiger partial charge in [-0.3, -0.25) is 0 Å². The molecule has 5 rings (SSSR count). The molecule has 0 unspecified atom stereocenters. The van der Waals surface area contributed by atoms with Gasteiger partial charge in [0.25, 0.3) is 0 Å². The van der Waals surface area contributed by atoms with E-state index >= 15 is 0 Å². The third-order valence-electron chi connectivity index (χ3n) is 5.76. The minimum atomic E-state index is 0.706. The number of nitrogens with one attached hydrogen (secondary N) is 1. The maximum atomic E-state index is 6.27. The highest BCUT2D eigenvalue weighted by molar-refractivity contribution is 6.33. The Kier molecular flexibility index (Phi) is 3.48. The van der Waals surface area contributed by atoms with E-state index in [1.807, 2.05) is 18.2 Å². The van der Waals surface area contributed by atoms with Gasteiger partial charge in [0.2, 0.25) is 0 Å². The first-order chi connectivity index (χ1) is 9.69. The highest BCUT2D eigenvalue weighted by Crippen LogP contribution is 2.53. The van der Waals surface area contributed by atoms with Crippen molar-refractivity contribution in [2.45, 2.75) is 44.7 Å². The summed E-state index contributed by atoms with van der Waals surface area (Å²) in [7, 11) is 0. The third kappa shape index (κ3) is 2.38. The van der Waals surface area contributed by atoms with Crippen LogP contribution in [0.2, 0.25) is 10.0 Å². The Morgan fingerprint density at radius 2 is 1.60 bits per heavy atom. The maximum absolute atomic E-state index is 6.27. The van der Waals surface area contributed by atoms with Gasteiger partial charge in [-0.25, -0.2) is 0 Å². The van der Waals surface area contributed by atoms with E-state index in [1.165, 1.54) is 32.1 Å². The quantitative estimate of drug-likeness (QED) is 0.836. The minimum absolute atomic E-state index is 0.706. The van der Waals surface area contributed by atoms with E-state index in [2.05, 4.69) is 5.32 Å². The predicted octanol–water partition coefficient (Wildman–Crippen LogP) is 4.91. The summed E-state index contributed by atoms with van der Waals surface area (Å²) in [6, 6.07) is 6.46. The molecule has 0 radical (unpaired) electrons. The lowest BCUT2D eigenvalue weighted by molar-refractivity contribution is -0.0142. The molecule has 108 valence electrons. The summed E-state index contributed by atoms with van der Waals surface area (Å²) in [4.78, 5) is 0. The SMILES string of the molecule is Clc1ccc(Cl)c(CNC2C3CC4CC(C3)CC2C4)c1. The fourth-order valence-corrected chi connectivity index (χ4v) is 5.54. The lowest BCUT2D eigenvalue weighted by Crippen LogP contribution is -2.54. The molecule has 0 saturated heterocycles. The van der Waals surface area contributed by atoms with Gasteiger partial charge in [0.1, 0.15) is 0 Å². The van der Waals surface area contributed by atoms with E-state index in [4.69, 9.17) is 23.2 Å². The van der Waals surface area contributed by atoms with Gasteiger partial charge in [0, 0.05) is 22.6 Å². The number of benzene rings is 1. The lowest BCUT2D eigenvalue weighted by Gasteiger charge is -2.54. The second-order valence-corrected chi connectivity index (χ2v) is 7.92. The van der Waals surface area contributed by atoms with Gasteiger partial charge >= 0.3 is 0 Å². The summed E-state index contributed by atoms with van der Waals surface area (Å²) < 4.78 is 0. The van der Waals surface area contributed by atoms with Crippen molar-refractivity contribution >= 4 is 23.2 Å². The zero-order valence-corrected chi connectivity index (χ0v) is 13.1. The molecule has 3 heteroatoms. The van der Waals surface area contributed by atoms with Crippen LogP contribution in [0.1, 0.15) is 37.7 Å². The molecule has 0 heterocycles. The van der Waals surface area contributed by atoms with Crippen LogP contribution in [-0.2, 0) is 6.54 Å². The molecule has 20 heavy (non-hydrogen) atoms. The van der Waals surface area contributed by atoms with E-state index in [9.17, 15) is 0 Å². The fourth-order valence-electron chi connectivity index (χ4n) is 5.17. The average Bonchev–Trinajstić information content (AvgIpc) is 2.41. The molecule has 0 aromatic heterocycles. The van der Waals surface area contributed by atoms with Crippen molar-refractivity contribution in [1.29, 1.82) is 0 Å². The van der Waals surface area contributed by atoms with Crippen LogP contribution in [0, 0.1) is 23.7 Å². The first kappa shape index (κ1) is 13.4. The highest BCUT2D eigenvalue weighted by Gasteiger charge is 2.47. The zero-order valence-electron chi connectivity index (χ0n) is 11.6. The summed E-state index contributed by atoms with van der Waals surface area (Å²) in [6.07, 6.45) is 7.32. The summed E-state index contributed by atoms with van der Waals surface area (Å²) in [5.41, 5.74) is 1.13. The fraction of sp³-hybridized carbons (Fsp3) is 0.647. The topological polar surface area (TPSA) is 12.0 Å². The van der Waals surface area contributed by atoms with Crippen LogP contribution in [0.25, 0.3) is 0 Å². The zero-order chi connectivity index (χ0) is 13.7. The first-order valence-electron chi connectivity index (χ1n) is 7.86. The van der Waals surface area contributed by atoms with Crippen molar-refractivity contribution in [2.24, 2.45) is 23.7 Å². The van der Waals surface area contributed by atoms with Gasteiger partial charge in [-0.2, -0.15) is 0 Å². The van der Waals surface area contributed by atoms with Crippen LogP contribution in [0.4, 0.5) is 0 Å². The minimum Gasteiger partial charge on any atom is -0.309 e. The van der Waals surface area contributed by atoms with Crippen LogP contribution < -0.4 is 5.32 Å². The smallest absolute Gasteiger partial charge is 0.0451 e. The van der Waals surface area contributed by atoms with Crippen molar-refractivity contribution in [3.8, 4) is 0 Å². The van der Waals surface area contributed by atoms with Gasteiger partial charge in [0.05, 0.1) is 0 Å². The molecule has 1 aromatic carbocycles. The average molecular weight is 310 g/mol. The molecule has 4 aliphatic carbocycles. The molecule has 4 bridgehead atoms. The molecule has 4 fully saturated rings. The number of hydrogen-bond donors (Lipinski definition) is 1. The van der Waals surface area contributed by atoms with Crippen LogP contribution >= 0.6 is 23.2 Å². The van der Waals surface area contributed by atoms with E-state index < -0.39 is 0 Å². The Labute approximate surface area is 131 Å². The van der Waals surface area contributed by atoms with E-state index in [0.717, 1.165) is 45.8 Å². The van der Waals surface area contributed by atoms with Crippen LogP contribution in [0.15, 0.2) is 18.2 Å². The van der Waals surface area contributed by atoms with Gasteiger partial charge in [0.15, 0.2) is 0 Å². The molecule has 1 nitrogen and oxygen atoms in total. The predicted molar refractivity (Wildman–Crippen MR) is 84.1 cm³/mol. The highest BCUT2D eigenvalue weighted by atomic mass is 35.5. The van der Waals surface area contributed by atoms with Crippen molar-refractivity contribution in [3.63, 3.8) is 0 Å². The Morgan fingerprint density at radius 3 is 2.25 bits per heavy atom. The molecule has 1 aromatic rings. The largest absolute Gasteiger partial charge is 0.309 e. The molecule has 0 aliphatic heterocycles. The molecule has 0 spiro atoms. The Balaban J connectivity index is 1.46. The van der Waals surface area contributed by atoms with Crippen molar-refractivity contribution in [2.75, 3.05) is 0 Å². The van der Waals surface area contributed by atoms with Crippen molar-refractivity contribution in [3.05, 3.63) is 33.8 Å². The summed E-state index contributed by atoms with van der Waals surface area (Å²) >= 11 is 12.3. The lowest BCUT2D eigenvalue weighted by atomic mass is 9.54. The summed E-state index contributed by atoms with van der Waals surface area (Å²) in [5, 5.41) is 5.41. The van der Waals surface area contributed by atoms with Crippen molar-refractivity contribution in [1.82, 2.24) is 5.32 Å². The van der Waals surface area contributed by atoms with Crippen LogP contribution in [-0.4, -0.2) is 6.04 Å². The molecule has 4 aliphatic rings. The molecule has 0 amide bonds. The molecule has 4 saturated carbocycles. The maximum Gasteiger partial charge on any atom is 0.0451 e. The van der Waals surface area contributed by atoms with Crippen molar-refractivity contribution < 1.29 is 0 Å². The number of hydrogen-bond acceptors (Lipinski definition) is 1. The van der Waals surface area contributed by atoms with E-state index in [0.29, 0.717) is 6.04 Å². The number of rotatable bonds is 3. The Morgan fingerprint density at radius 1 is 0.950 bits per heavy atom. The standard InChI is InChI=1S/C17H21Cl2N/c18-15-1-2-16(19)14(8-15)9-20-17-12-4-10-3-11(6-12)7-13(17)5-10/h1-2,8,10-13,17,20H,3-7,9H2. The van der Waals surface area contributed by atoms with Gasteiger partial charge in [-0.05, 0) is 79.5 Å².